The van der Waals surface area contributed by atoms with Crippen molar-refractivity contribution in [2.45, 2.75) is 32.5 Å². The van der Waals surface area contributed by atoms with E-state index in [1.165, 1.54) is 6.07 Å². The van der Waals surface area contributed by atoms with Gasteiger partial charge in [-0.1, -0.05) is 19.1 Å². The molecule has 0 aliphatic rings. The molecule has 1 aromatic heterocycles. The van der Waals surface area contributed by atoms with Gasteiger partial charge in [0.15, 0.2) is 0 Å². The van der Waals surface area contributed by atoms with Gasteiger partial charge in [-0.25, -0.2) is 4.39 Å². The molecule has 0 aliphatic carbocycles. The molecule has 2 aromatic rings. The number of hydrogen-bond donors (Lipinski definition) is 1. The lowest BCUT2D eigenvalue weighted by molar-refractivity contribution is 0.0999. The smallest absolute Gasteiger partial charge is 0.147 e. The van der Waals surface area contributed by atoms with E-state index >= 15 is 0 Å². The van der Waals surface area contributed by atoms with Crippen LogP contribution in [0.4, 0.5) is 4.39 Å². The van der Waals surface area contributed by atoms with Crippen molar-refractivity contribution in [2.75, 3.05) is 13.7 Å². The summed E-state index contributed by atoms with van der Waals surface area (Å²) >= 11 is 3.21. The van der Waals surface area contributed by atoms with Crippen LogP contribution in [0.5, 0.6) is 5.75 Å². The molecule has 0 aliphatic heterocycles. The molecular weight excluding hydrogens is 375 g/mol. The largest absolute Gasteiger partial charge is 0.497 e. The summed E-state index contributed by atoms with van der Waals surface area (Å²) in [6.07, 6.45) is 1.78. The summed E-state index contributed by atoms with van der Waals surface area (Å²) in [5, 5.41) is 10.00. The van der Waals surface area contributed by atoms with E-state index < -0.39 is 6.10 Å². The zero-order chi connectivity index (χ0) is 17.5. The van der Waals surface area contributed by atoms with Crippen molar-refractivity contribution >= 4 is 15.9 Å². The number of nitrogens with zero attached hydrogens (tertiary/aromatic N) is 2. The number of ether oxygens (including phenoxy) is 1. The highest BCUT2D eigenvalue weighted by Gasteiger charge is 2.15. The van der Waals surface area contributed by atoms with Crippen molar-refractivity contribution < 1.29 is 14.2 Å². The molecule has 1 aromatic carbocycles. The predicted octanol–water partition coefficient (Wildman–Crippen LogP) is 3.76. The molecule has 0 saturated heterocycles. The number of hydrogen-bond acceptors (Lipinski definition) is 4. The number of rotatable bonds is 8. The topological polar surface area (TPSA) is 45.6 Å². The lowest BCUT2D eigenvalue weighted by Crippen LogP contribution is -2.32. The number of benzene rings is 1. The molecule has 4 nitrogen and oxygen atoms in total. The number of aliphatic hydroxyl groups is 1. The van der Waals surface area contributed by atoms with Crippen molar-refractivity contribution in [2.24, 2.45) is 0 Å². The van der Waals surface area contributed by atoms with Crippen LogP contribution in [0.3, 0.4) is 0 Å². The van der Waals surface area contributed by atoms with Gasteiger partial charge in [0.1, 0.15) is 11.6 Å². The van der Waals surface area contributed by atoms with Crippen molar-refractivity contribution in [1.29, 1.82) is 0 Å². The molecule has 2 rings (SSSR count). The van der Waals surface area contributed by atoms with Crippen LogP contribution in [0.1, 0.15) is 24.6 Å². The Kier molecular flexibility index (Phi) is 7.15. The monoisotopic (exact) mass is 396 g/mol. The van der Waals surface area contributed by atoms with Crippen LogP contribution in [0, 0.1) is 5.82 Å². The number of aliphatic hydroxyl groups excluding tert-OH is 1. The first kappa shape index (κ1) is 18.8. The van der Waals surface area contributed by atoms with Crippen LogP contribution in [0.15, 0.2) is 41.0 Å². The van der Waals surface area contributed by atoms with E-state index in [2.05, 4.69) is 20.9 Å². The third-order valence-corrected chi connectivity index (χ3v) is 4.20. The second-order valence-electron chi connectivity index (χ2n) is 5.66. The lowest BCUT2D eigenvalue weighted by Gasteiger charge is -2.24. The van der Waals surface area contributed by atoms with Crippen LogP contribution < -0.4 is 4.74 Å². The number of aromatic nitrogens is 1. The first-order chi connectivity index (χ1) is 11.5. The maximum Gasteiger partial charge on any atom is 0.147 e. The first-order valence-corrected chi connectivity index (χ1v) is 8.64. The normalized spacial score (nSPS) is 12.4. The summed E-state index contributed by atoms with van der Waals surface area (Å²) in [5.74, 6) is 0.439. The van der Waals surface area contributed by atoms with E-state index in [4.69, 9.17) is 4.74 Å². The van der Waals surface area contributed by atoms with Crippen LogP contribution in [-0.2, 0) is 13.1 Å². The van der Waals surface area contributed by atoms with Gasteiger partial charge >= 0.3 is 0 Å². The highest BCUT2D eigenvalue weighted by molar-refractivity contribution is 9.10. The molecule has 130 valence electrons. The van der Waals surface area contributed by atoms with Crippen LogP contribution >= 0.6 is 15.9 Å². The van der Waals surface area contributed by atoms with Crippen molar-refractivity contribution in [3.05, 3.63) is 58.1 Å². The van der Waals surface area contributed by atoms with E-state index in [1.54, 1.807) is 13.3 Å². The van der Waals surface area contributed by atoms with Crippen molar-refractivity contribution in [3.8, 4) is 5.75 Å². The molecular formula is C18H22BrFN2O2. The Morgan fingerprint density at radius 1 is 1.29 bits per heavy atom. The molecule has 0 amide bonds. The molecule has 0 radical (unpaired) electrons. The molecule has 0 saturated carbocycles. The summed E-state index contributed by atoms with van der Waals surface area (Å²) in [4.78, 5) is 6.15. The van der Waals surface area contributed by atoms with Gasteiger partial charge in [-0.05, 0) is 46.1 Å². The highest BCUT2D eigenvalue weighted by Crippen LogP contribution is 2.17. The van der Waals surface area contributed by atoms with Gasteiger partial charge in [-0.2, -0.15) is 0 Å². The van der Waals surface area contributed by atoms with Crippen molar-refractivity contribution in [1.82, 2.24) is 9.88 Å². The number of pyridine rings is 1. The van der Waals surface area contributed by atoms with E-state index in [9.17, 15) is 9.50 Å². The summed E-state index contributed by atoms with van der Waals surface area (Å²) in [5.41, 5.74) is 1.44. The van der Waals surface area contributed by atoms with Gasteiger partial charge in [-0.3, -0.25) is 9.88 Å². The maximum atomic E-state index is 14.1. The number of halogens is 2. The zero-order valence-corrected chi connectivity index (χ0v) is 15.5. The summed E-state index contributed by atoms with van der Waals surface area (Å²) in [7, 11) is 1.63. The Hall–Kier alpha value is -1.50. The molecule has 0 fully saturated rings. The molecule has 0 spiro atoms. The minimum Gasteiger partial charge on any atom is -0.497 e. The van der Waals surface area contributed by atoms with Gasteiger partial charge in [0.05, 0.1) is 18.9 Å². The molecule has 1 N–H and O–H groups in total. The fourth-order valence-electron chi connectivity index (χ4n) is 2.37. The molecule has 0 unspecified atom stereocenters. The van der Waals surface area contributed by atoms with Gasteiger partial charge in [0.2, 0.25) is 0 Å². The zero-order valence-electron chi connectivity index (χ0n) is 13.9. The minimum absolute atomic E-state index is 0.336. The Bertz CT molecular complexity index is 652. The van der Waals surface area contributed by atoms with Crippen LogP contribution in [-0.4, -0.2) is 34.7 Å². The van der Waals surface area contributed by atoms with E-state index in [0.717, 1.165) is 11.3 Å². The predicted molar refractivity (Wildman–Crippen MR) is 95.3 cm³/mol. The summed E-state index contributed by atoms with van der Waals surface area (Å²) in [6.45, 7) is 3.31. The fraction of sp³-hybridized carbons (Fsp3) is 0.389. The SMILES string of the molecule is CC[C@@H](O)CN(Cc1ccc(OC)cc1)Cc1ncc(Br)cc1F. The van der Waals surface area contributed by atoms with Gasteiger partial charge in [-0.15, -0.1) is 0 Å². The molecule has 0 bridgehead atoms. The fourth-order valence-corrected chi connectivity index (χ4v) is 2.68. The summed E-state index contributed by atoms with van der Waals surface area (Å²) in [6, 6.07) is 9.12. The lowest BCUT2D eigenvalue weighted by atomic mass is 10.1. The standard InChI is InChI=1S/C18H22BrFN2O2/c1-3-15(23)11-22(10-13-4-6-16(24-2)7-5-13)12-18-17(20)8-14(19)9-21-18/h4-9,15,23H,3,10-12H2,1-2H3/t15-/m1/s1. The Morgan fingerprint density at radius 2 is 2.00 bits per heavy atom. The quantitative estimate of drug-likeness (QED) is 0.737. The first-order valence-electron chi connectivity index (χ1n) is 7.85. The molecule has 6 heteroatoms. The molecule has 1 atom stereocenters. The molecule has 24 heavy (non-hydrogen) atoms. The number of methoxy groups -OCH3 is 1. The van der Waals surface area contributed by atoms with Crippen molar-refractivity contribution in [3.63, 3.8) is 0 Å². The third-order valence-electron chi connectivity index (χ3n) is 3.76. The Morgan fingerprint density at radius 3 is 2.58 bits per heavy atom. The molecule has 1 heterocycles. The third kappa shape index (κ3) is 5.54. The van der Waals surface area contributed by atoms with Crippen LogP contribution in [0.2, 0.25) is 0 Å². The average molecular weight is 397 g/mol. The maximum absolute atomic E-state index is 14.1. The van der Waals surface area contributed by atoms with E-state index in [0.29, 0.717) is 36.2 Å². The second kappa shape index (κ2) is 9.11. The van der Waals surface area contributed by atoms with Gasteiger partial charge < -0.3 is 9.84 Å². The van der Waals surface area contributed by atoms with Gasteiger partial charge in [0, 0.05) is 30.3 Å². The Labute approximate surface area is 150 Å². The van der Waals surface area contributed by atoms with Crippen LogP contribution in [0.25, 0.3) is 0 Å². The van der Waals surface area contributed by atoms with E-state index in [1.807, 2.05) is 36.1 Å². The van der Waals surface area contributed by atoms with Gasteiger partial charge in [0.25, 0.3) is 0 Å². The minimum atomic E-state index is -0.457. The average Bonchev–Trinajstić information content (AvgIpc) is 2.57. The highest BCUT2D eigenvalue weighted by atomic mass is 79.9. The second-order valence-corrected chi connectivity index (χ2v) is 6.58. The Balaban J connectivity index is 2.13. The van der Waals surface area contributed by atoms with E-state index in [-0.39, 0.29) is 5.82 Å². The summed E-state index contributed by atoms with van der Waals surface area (Å²) < 4.78 is 19.8.